The number of carbonyl (C=O) groups excluding carboxylic acids is 1. The summed E-state index contributed by atoms with van der Waals surface area (Å²) >= 11 is 0. The first-order valence-electron chi connectivity index (χ1n) is 9.74. The van der Waals surface area contributed by atoms with Crippen molar-refractivity contribution in [2.45, 2.75) is 31.5 Å². The van der Waals surface area contributed by atoms with Crippen LogP contribution in [0.2, 0.25) is 0 Å². The van der Waals surface area contributed by atoms with Crippen LogP contribution in [0.1, 0.15) is 35.2 Å². The molecule has 0 radical (unpaired) electrons. The van der Waals surface area contributed by atoms with Gasteiger partial charge >= 0.3 is 5.97 Å². The molecule has 0 spiro atoms. The standard InChI is InChI=1S/C22H21N3O6/c1-22(28)11-16-18(20(26)24-23-16)17(14-8-5-9-15(10-14)25(29)30)19(22)21(27)31-12-13-6-3-2-4-7-13/h2-10,17,19,28H,11-12H2,1H3,(H2,23,24,26)/t17-,19-,22-/m0/s1. The summed E-state index contributed by atoms with van der Waals surface area (Å²) in [5.41, 5.74) is -0.287. The van der Waals surface area contributed by atoms with Gasteiger partial charge in [-0.15, -0.1) is 0 Å². The van der Waals surface area contributed by atoms with E-state index in [2.05, 4.69) is 10.2 Å². The van der Waals surface area contributed by atoms with Crippen LogP contribution in [0, 0.1) is 16.0 Å². The molecule has 3 N–H and O–H groups in total. The number of benzene rings is 2. The average molecular weight is 423 g/mol. The van der Waals surface area contributed by atoms with Crippen LogP contribution < -0.4 is 5.56 Å². The molecular formula is C22H21N3O6. The van der Waals surface area contributed by atoms with Gasteiger partial charge in [-0.2, -0.15) is 0 Å². The van der Waals surface area contributed by atoms with Gasteiger partial charge in [0.1, 0.15) is 6.61 Å². The molecule has 2 aromatic carbocycles. The van der Waals surface area contributed by atoms with Gasteiger partial charge in [0.05, 0.1) is 16.4 Å². The highest BCUT2D eigenvalue weighted by molar-refractivity contribution is 5.77. The number of nitrogens with one attached hydrogen (secondary N) is 2. The summed E-state index contributed by atoms with van der Waals surface area (Å²) < 4.78 is 5.51. The molecule has 31 heavy (non-hydrogen) atoms. The molecular weight excluding hydrogens is 402 g/mol. The molecule has 0 saturated heterocycles. The van der Waals surface area contributed by atoms with Gasteiger partial charge in [-0.1, -0.05) is 42.5 Å². The van der Waals surface area contributed by atoms with E-state index in [9.17, 15) is 24.8 Å². The highest BCUT2D eigenvalue weighted by atomic mass is 16.6. The quantitative estimate of drug-likeness (QED) is 0.327. The molecule has 0 bridgehead atoms. The van der Waals surface area contributed by atoms with Crippen molar-refractivity contribution in [3.63, 3.8) is 0 Å². The Bertz CT molecular complexity index is 1180. The van der Waals surface area contributed by atoms with Crippen molar-refractivity contribution in [2.24, 2.45) is 5.92 Å². The lowest BCUT2D eigenvalue weighted by molar-refractivity contribution is -0.384. The number of ether oxygens (including phenoxy) is 1. The van der Waals surface area contributed by atoms with Gasteiger partial charge in [-0.25, -0.2) is 0 Å². The molecule has 0 unspecified atom stereocenters. The number of carbonyl (C=O) groups is 1. The second-order valence-electron chi connectivity index (χ2n) is 7.91. The molecule has 0 saturated carbocycles. The van der Waals surface area contributed by atoms with Crippen molar-refractivity contribution in [2.75, 3.05) is 0 Å². The summed E-state index contributed by atoms with van der Waals surface area (Å²) in [5, 5.41) is 27.7. The molecule has 1 aromatic heterocycles. The molecule has 1 heterocycles. The number of hydrogen-bond donors (Lipinski definition) is 3. The number of H-pyrrole nitrogens is 2. The van der Waals surface area contributed by atoms with Crippen LogP contribution in [0.25, 0.3) is 0 Å². The number of esters is 1. The largest absolute Gasteiger partial charge is 0.460 e. The molecule has 4 rings (SSSR count). The van der Waals surface area contributed by atoms with Crippen molar-refractivity contribution in [3.8, 4) is 0 Å². The summed E-state index contributed by atoms with van der Waals surface area (Å²) in [6.07, 6.45) is 0.0254. The van der Waals surface area contributed by atoms with Gasteiger partial charge in [-0.05, 0) is 18.1 Å². The maximum atomic E-state index is 13.2. The van der Waals surface area contributed by atoms with E-state index in [-0.39, 0.29) is 24.3 Å². The number of nitro benzene ring substituents is 1. The zero-order chi connectivity index (χ0) is 22.2. The predicted molar refractivity (Wildman–Crippen MR) is 110 cm³/mol. The van der Waals surface area contributed by atoms with Crippen molar-refractivity contribution >= 4 is 11.7 Å². The van der Waals surface area contributed by atoms with Gasteiger partial charge in [0, 0.05) is 35.7 Å². The van der Waals surface area contributed by atoms with Crippen LogP contribution >= 0.6 is 0 Å². The number of nitrogens with zero attached hydrogens (tertiary/aromatic N) is 1. The fraction of sp³-hybridized carbons (Fsp3) is 0.273. The van der Waals surface area contributed by atoms with Gasteiger partial charge < -0.3 is 14.9 Å². The number of non-ortho nitro benzene ring substituents is 1. The smallest absolute Gasteiger partial charge is 0.313 e. The Balaban J connectivity index is 1.77. The maximum Gasteiger partial charge on any atom is 0.313 e. The van der Waals surface area contributed by atoms with E-state index in [1.165, 1.54) is 25.1 Å². The fourth-order valence-electron chi connectivity index (χ4n) is 4.27. The molecule has 0 amide bonds. The highest BCUT2D eigenvalue weighted by Gasteiger charge is 2.51. The number of fused-ring (bicyclic) bond motifs is 1. The summed E-state index contributed by atoms with van der Waals surface area (Å²) in [7, 11) is 0. The van der Waals surface area contributed by atoms with Crippen LogP contribution in [0.3, 0.4) is 0 Å². The third kappa shape index (κ3) is 3.87. The number of nitro groups is 1. The van der Waals surface area contributed by atoms with Crippen LogP contribution in [-0.4, -0.2) is 31.8 Å². The highest BCUT2D eigenvalue weighted by Crippen LogP contribution is 2.45. The Kier molecular flexibility index (Phi) is 5.20. The monoisotopic (exact) mass is 423 g/mol. The predicted octanol–water partition coefficient (Wildman–Crippen LogP) is 2.41. The Labute approximate surface area is 176 Å². The maximum absolute atomic E-state index is 13.2. The lowest BCUT2D eigenvalue weighted by atomic mass is 9.66. The topological polar surface area (TPSA) is 138 Å². The average Bonchev–Trinajstić information content (AvgIpc) is 3.10. The molecule has 0 fully saturated rings. The summed E-state index contributed by atoms with van der Waals surface area (Å²) in [5.74, 6) is -2.74. The van der Waals surface area contributed by atoms with Gasteiger partial charge in [0.25, 0.3) is 11.2 Å². The number of aromatic nitrogens is 2. The Hall–Kier alpha value is -3.72. The van der Waals surface area contributed by atoms with Crippen molar-refractivity contribution < 1.29 is 19.6 Å². The molecule has 9 heteroatoms. The third-order valence-corrected chi connectivity index (χ3v) is 5.66. The molecule has 9 nitrogen and oxygen atoms in total. The zero-order valence-corrected chi connectivity index (χ0v) is 16.7. The van der Waals surface area contributed by atoms with Gasteiger partial charge in [0.15, 0.2) is 0 Å². The molecule has 0 aliphatic heterocycles. The lowest BCUT2D eigenvalue weighted by Crippen LogP contribution is -2.50. The SMILES string of the molecule is C[C@]1(O)Cc2[nH][nH]c(=O)c2[C@H](c2cccc([N+](=O)[O-])c2)[C@H]1C(=O)OCc1ccccc1. The minimum atomic E-state index is -1.55. The fourth-order valence-corrected chi connectivity index (χ4v) is 4.27. The molecule has 1 aliphatic carbocycles. The van der Waals surface area contributed by atoms with Crippen LogP contribution in [0.15, 0.2) is 59.4 Å². The summed E-state index contributed by atoms with van der Waals surface area (Å²) in [6, 6.07) is 14.8. The lowest BCUT2D eigenvalue weighted by Gasteiger charge is -2.40. The molecule has 160 valence electrons. The van der Waals surface area contributed by atoms with E-state index in [0.29, 0.717) is 11.3 Å². The van der Waals surface area contributed by atoms with Crippen LogP contribution in [0.5, 0.6) is 0 Å². The third-order valence-electron chi connectivity index (χ3n) is 5.66. The first-order valence-corrected chi connectivity index (χ1v) is 9.74. The van der Waals surface area contributed by atoms with Gasteiger partial charge in [-0.3, -0.25) is 24.8 Å². The Morgan fingerprint density at radius 1 is 1.23 bits per heavy atom. The number of hydrogen-bond acceptors (Lipinski definition) is 6. The normalized spacial score (nSPS) is 22.5. The summed E-state index contributed by atoms with van der Waals surface area (Å²) in [6.45, 7) is 1.50. The van der Waals surface area contributed by atoms with Gasteiger partial charge in [0.2, 0.25) is 0 Å². The van der Waals surface area contributed by atoms with Crippen LogP contribution in [0.4, 0.5) is 5.69 Å². The van der Waals surface area contributed by atoms with E-state index >= 15 is 0 Å². The van der Waals surface area contributed by atoms with E-state index in [1.54, 1.807) is 18.2 Å². The van der Waals surface area contributed by atoms with E-state index in [4.69, 9.17) is 4.74 Å². The van der Waals surface area contributed by atoms with E-state index < -0.39 is 33.9 Å². The number of aromatic amines is 2. The molecule has 1 aliphatic rings. The van der Waals surface area contributed by atoms with E-state index in [1.807, 2.05) is 18.2 Å². The van der Waals surface area contributed by atoms with Crippen molar-refractivity contribution in [1.82, 2.24) is 10.2 Å². The minimum absolute atomic E-state index is 0.00423. The number of aliphatic hydroxyl groups is 1. The molecule has 3 aromatic rings. The zero-order valence-electron chi connectivity index (χ0n) is 16.7. The second kappa shape index (κ2) is 7.84. The van der Waals surface area contributed by atoms with Crippen molar-refractivity contribution in [3.05, 3.63) is 97.4 Å². The van der Waals surface area contributed by atoms with Crippen LogP contribution in [-0.2, 0) is 22.6 Å². The minimum Gasteiger partial charge on any atom is -0.460 e. The second-order valence-corrected chi connectivity index (χ2v) is 7.91. The molecule has 3 atom stereocenters. The number of rotatable bonds is 5. The van der Waals surface area contributed by atoms with Crippen molar-refractivity contribution in [1.29, 1.82) is 0 Å². The first-order chi connectivity index (χ1) is 14.8. The Morgan fingerprint density at radius 2 is 1.97 bits per heavy atom. The van der Waals surface area contributed by atoms with E-state index in [0.717, 1.165) is 5.56 Å². The Morgan fingerprint density at radius 3 is 2.68 bits per heavy atom. The first kappa shape index (κ1) is 20.5. The summed E-state index contributed by atoms with van der Waals surface area (Å²) in [4.78, 5) is 36.5.